The van der Waals surface area contributed by atoms with E-state index in [0.717, 1.165) is 46.1 Å². The highest BCUT2D eigenvalue weighted by Gasteiger charge is 2.14. The van der Waals surface area contributed by atoms with E-state index >= 15 is 0 Å². The SMILES string of the molecule is Cc1ccccc1/C=C/c1nc2c(c(=O)n1-c1ccc(C#Cc3ccc(C(C)(C)C)cc3)cc1C)=CCCC=2. The van der Waals surface area contributed by atoms with Crippen molar-refractivity contribution in [3.05, 3.63) is 127 Å². The van der Waals surface area contributed by atoms with Crippen molar-refractivity contribution in [1.29, 1.82) is 0 Å². The van der Waals surface area contributed by atoms with E-state index in [1.165, 1.54) is 11.1 Å². The molecule has 0 atom stereocenters. The summed E-state index contributed by atoms with van der Waals surface area (Å²) in [6.07, 6.45) is 9.80. The molecule has 0 bridgehead atoms. The van der Waals surface area contributed by atoms with Crippen molar-refractivity contribution in [2.45, 2.75) is 52.9 Å². The molecule has 0 saturated carbocycles. The molecule has 3 nitrogen and oxygen atoms in total. The van der Waals surface area contributed by atoms with Crippen LogP contribution in [0, 0.1) is 25.7 Å². The highest BCUT2D eigenvalue weighted by Crippen LogP contribution is 2.22. The standard InChI is InChI=1S/C36H34N2O/c1-25-10-6-7-11-29(25)19-23-34-37-32-13-9-8-12-31(32)35(39)38(34)33-22-18-28(24-26(33)2)15-14-27-16-20-30(21-17-27)36(3,4)5/h6-7,10-13,16-24H,8-9H2,1-5H3/b23-19+. The molecule has 3 heteroatoms. The lowest BCUT2D eigenvalue weighted by atomic mass is 9.87. The van der Waals surface area contributed by atoms with E-state index in [1.54, 1.807) is 4.57 Å². The van der Waals surface area contributed by atoms with Gasteiger partial charge < -0.3 is 0 Å². The molecule has 0 N–H and O–H groups in total. The Kier molecular flexibility index (Phi) is 7.22. The van der Waals surface area contributed by atoms with Crippen molar-refractivity contribution in [1.82, 2.24) is 9.55 Å². The molecule has 0 spiro atoms. The Bertz CT molecular complexity index is 1820. The fraction of sp³-hybridized carbons (Fsp3) is 0.222. The largest absolute Gasteiger partial charge is 0.268 e. The fourth-order valence-corrected chi connectivity index (χ4v) is 4.83. The Morgan fingerprint density at radius 2 is 1.51 bits per heavy atom. The second-order valence-electron chi connectivity index (χ2n) is 11.2. The highest BCUT2D eigenvalue weighted by molar-refractivity contribution is 5.69. The summed E-state index contributed by atoms with van der Waals surface area (Å²) >= 11 is 0. The van der Waals surface area contributed by atoms with E-state index in [2.05, 4.69) is 82.0 Å². The van der Waals surface area contributed by atoms with Crippen LogP contribution in [0.15, 0.2) is 71.5 Å². The van der Waals surface area contributed by atoms with Gasteiger partial charge in [-0.1, -0.05) is 87.2 Å². The van der Waals surface area contributed by atoms with Crippen LogP contribution < -0.4 is 16.1 Å². The van der Waals surface area contributed by atoms with Crippen molar-refractivity contribution in [2.75, 3.05) is 0 Å². The lowest BCUT2D eigenvalue weighted by Crippen LogP contribution is -2.48. The number of hydrogen-bond acceptors (Lipinski definition) is 2. The maximum atomic E-state index is 13.8. The van der Waals surface area contributed by atoms with Crippen LogP contribution in [0.2, 0.25) is 0 Å². The van der Waals surface area contributed by atoms with Gasteiger partial charge in [-0.25, -0.2) is 4.98 Å². The quantitative estimate of drug-likeness (QED) is 0.314. The van der Waals surface area contributed by atoms with Crippen LogP contribution in [0.3, 0.4) is 0 Å². The Morgan fingerprint density at radius 1 is 0.821 bits per heavy atom. The molecule has 1 aliphatic carbocycles. The van der Waals surface area contributed by atoms with Gasteiger partial charge >= 0.3 is 0 Å². The van der Waals surface area contributed by atoms with Crippen LogP contribution in [0.4, 0.5) is 0 Å². The lowest BCUT2D eigenvalue weighted by Gasteiger charge is -2.18. The van der Waals surface area contributed by atoms with E-state index in [-0.39, 0.29) is 11.0 Å². The predicted molar refractivity (Wildman–Crippen MR) is 163 cm³/mol. The molecular weight excluding hydrogens is 476 g/mol. The first-order valence-electron chi connectivity index (χ1n) is 13.5. The van der Waals surface area contributed by atoms with Gasteiger partial charge in [-0.15, -0.1) is 0 Å². The van der Waals surface area contributed by atoms with Gasteiger partial charge in [0.15, 0.2) is 0 Å². The van der Waals surface area contributed by atoms with Crippen molar-refractivity contribution < 1.29 is 0 Å². The minimum atomic E-state index is -0.0405. The van der Waals surface area contributed by atoms with Gasteiger partial charge in [0.25, 0.3) is 5.56 Å². The second kappa shape index (κ2) is 10.8. The van der Waals surface area contributed by atoms with Crippen LogP contribution in [0.25, 0.3) is 30.0 Å². The average Bonchev–Trinajstić information content (AvgIpc) is 2.92. The van der Waals surface area contributed by atoms with Gasteiger partial charge in [-0.05, 0) is 90.8 Å². The van der Waals surface area contributed by atoms with Crippen molar-refractivity contribution in [3.63, 3.8) is 0 Å². The van der Waals surface area contributed by atoms with Crippen LogP contribution in [0.5, 0.6) is 0 Å². The predicted octanol–water partition coefficient (Wildman–Crippen LogP) is 6.07. The molecule has 0 aliphatic heterocycles. The lowest BCUT2D eigenvalue weighted by molar-refractivity contribution is 0.590. The number of aromatic nitrogens is 2. The van der Waals surface area contributed by atoms with E-state index in [1.807, 2.05) is 55.5 Å². The van der Waals surface area contributed by atoms with Gasteiger partial charge in [0.2, 0.25) is 0 Å². The summed E-state index contributed by atoms with van der Waals surface area (Å²) in [5.41, 5.74) is 7.32. The zero-order chi connectivity index (χ0) is 27.6. The topological polar surface area (TPSA) is 34.9 Å². The number of nitrogens with zero attached hydrogens (tertiary/aromatic N) is 2. The molecule has 4 aromatic rings. The number of fused-ring (bicyclic) bond motifs is 1. The molecule has 0 saturated heterocycles. The zero-order valence-electron chi connectivity index (χ0n) is 23.4. The molecule has 1 aliphatic rings. The van der Waals surface area contributed by atoms with Crippen molar-refractivity contribution >= 4 is 24.3 Å². The minimum absolute atomic E-state index is 0.0405. The molecule has 5 rings (SSSR count). The molecule has 1 heterocycles. The summed E-state index contributed by atoms with van der Waals surface area (Å²) in [4.78, 5) is 18.7. The number of rotatable bonds is 3. The molecule has 3 aromatic carbocycles. The Balaban J connectivity index is 1.55. The zero-order valence-corrected chi connectivity index (χ0v) is 23.4. The number of hydrogen-bond donors (Lipinski definition) is 0. The molecule has 1 aromatic heterocycles. The monoisotopic (exact) mass is 510 g/mol. The fourth-order valence-electron chi connectivity index (χ4n) is 4.83. The van der Waals surface area contributed by atoms with Crippen LogP contribution in [-0.2, 0) is 5.41 Å². The second-order valence-corrected chi connectivity index (χ2v) is 11.2. The van der Waals surface area contributed by atoms with Gasteiger partial charge in [0.05, 0.1) is 16.3 Å². The first kappa shape index (κ1) is 26.2. The third-order valence-corrected chi connectivity index (χ3v) is 7.17. The summed E-state index contributed by atoms with van der Waals surface area (Å²) < 4.78 is 1.74. The summed E-state index contributed by atoms with van der Waals surface area (Å²) in [7, 11) is 0. The normalized spacial score (nSPS) is 12.7. The van der Waals surface area contributed by atoms with Gasteiger partial charge in [-0.3, -0.25) is 9.36 Å². The molecule has 39 heavy (non-hydrogen) atoms. The molecule has 0 radical (unpaired) electrons. The summed E-state index contributed by atoms with van der Waals surface area (Å²) in [6, 6.07) is 22.7. The van der Waals surface area contributed by atoms with Crippen LogP contribution in [0.1, 0.15) is 72.8 Å². The third-order valence-electron chi connectivity index (χ3n) is 7.17. The number of aryl methyl sites for hydroxylation is 2. The Hall–Kier alpha value is -4.42. The van der Waals surface area contributed by atoms with E-state index in [4.69, 9.17) is 4.98 Å². The molecule has 0 amide bonds. The molecular formula is C36H34N2O. The first-order chi connectivity index (χ1) is 18.7. The maximum absolute atomic E-state index is 13.8. The molecule has 194 valence electrons. The smallest absolute Gasteiger partial charge is 0.265 e. The van der Waals surface area contributed by atoms with Gasteiger partial charge in [0.1, 0.15) is 5.82 Å². The Labute approximate surface area is 230 Å². The van der Waals surface area contributed by atoms with Gasteiger partial charge in [0, 0.05) is 11.1 Å². The Morgan fingerprint density at radius 3 is 2.23 bits per heavy atom. The van der Waals surface area contributed by atoms with Crippen molar-refractivity contribution in [3.8, 4) is 17.5 Å². The summed E-state index contributed by atoms with van der Waals surface area (Å²) in [5.74, 6) is 7.19. The van der Waals surface area contributed by atoms with E-state index in [9.17, 15) is 4.79 Å². The number of benzene rings is 3. The summed E-state index contributed by atoms with van der Waals surface area (Å²) in [6.45, 7) is 10.7. The highest BCUT2D eigenvalue weighted by atomic mass is 16.1. The van der Waals surface area contributed by atoms with Crippen LogP contribution >= 0.6 is 0 Å². The van der Waals surface area contributed by atoms with Crippen molar-refractivity contribution in [2.24, 2.45) is 0 Å². The van der Waals surface area contributed by atoms with E-state index < -0.39 is 0 Å². The molecule has 0 unspecified atom stereocenters. The third kappa shape index (κ3) is 5.71. The molecule has 0 fully saturated rings. The first-order valence-corrected chi connectivity index (χ1v) is 13.5. The average molecular weight is 511 g/mol. The maximum Gasteiger partial charge on any atom is 0.265 e. The summed E-state index contributed by atoms with van der Waals surface area (Å²) in [5, 5.41) is 1.45. The van der Waals surface area contributed by atoms with Gasteiger partial charge in [-0.2, -0.15) is 0 Å². The van der Waals surface area contributed by atoms with Crippen LogP contribution in [-0.4, -0.2) is 9.55 Å². The van der Waals surface area contributed by atoms with E-state index in [0.29, 0.717) is 11.0 Å². The minimum Gasteiger partial charge on any atom is -0.268 e.